The Kier molecular flexibility index (Phi) is 5.53. The number of rotatable bonds is 5. The highest BCUT2D eigenvalue weighted by Crippen LogP contribution is 2.23. The number of benzene rings is 3. The van der Waals surface area contributed by atoms with E-state index in [1.165, 1.54) is 59.4 Å². The lowest BCUT2D eigenvalue weighted by molar-refractivity contribution is 0.102. The van der Waals surface area contributed by atoms with Crippen LogP contribution < -0.4 is 10.6 Å². The van der Waals surface area contributed by atoms with Crippen molar-refractivity contribution in [1.82, 2.24) is 9.78 Å². The Labute approximate surface area is 176 Å². The molecule has 0 saturated heterocycles. The highest BCUT2D eigenvalue weighted by Gasteiger charge is 2.22. The second kappa shape index (κ2) is 8.58. The van der Waals surface area contributed by atoms with E-state index in [9.17, 15) is 18.4 Å². The van der Waals surface area contributed by atoms with Gasteiger partial charge in [0.15, 0.2) is 0 Å². The first-order valence-electron chi connectivity index (χ1n) is 9.29. The van der Waals surface area contributed by atoms with E-state index in [1.807, 2.05) is 6.07 Å². The largest absolute Gasteiger partial charge is 0.322 e. The molecule has 2 amide bonds. The second-order valence-corrected chi connectivity index (χ2v) is 6.55. The molecule has 0 atom stereocenters. The van der Waals surface area contributed by atoms with E-state index >= 15 is 0 Å². The number of nitrogens with zero attached hydrogens (tertiary/aromatic N) is 2. The molecule has 2 N–H and O–H groups in total. The molecular weight excluding hydrogens is 402 g/mol. The summed E-state index contributed by atoms with van der Waals surface area (Å²) >= 11 is 0. The van der Waals surface area contributed by atoms with E-state index in [1.54, 1.807) is 24.3 Å². The Balaban J connectivity index is 1.71. The van der Waals surface area contributed by atoms with Gasteiger partial charge in [0.05, 0.1) is 17.4 Å². The van der Waals surface area contributed by atoms with Crippen LogP contribution >= 0.6 is 0 Å². The van der Waals surface area contributed by atoms with Crippen LogP contribution in [0.1, 0.15) is 20.7 Å². The highest BCUT2D eigenvalue weighted by atomic mass is 19.1. The summed E-state index contributed by atoms with van der Waals surface area (Å²) in [4.78, 5) is 25.6. The molecule has 1 heterocycles. The molecule has 31 heavy (non-hydrogen) atoms. The van der Waals surface area contributed by atoms with Crippen LogP contribution in [0.4, 0.5) is 20.3 Å². The van der Waals surface area contributed by atoms with Crippen molar-refractivity contribution in [2.45, 2.75) is 0 Å². The monoisotopic (exact) mass is 418 g/mol. The molecule has 0 bridgehead atoms. The van der Waals surface area contributed by atoms with Crippen molar-refractivity contribution in [2.24, 2.45) is 0 Å². The van der Waals surface area contributed by atoms with Crippen molar-refractivity contribution < 1.29 is 18.4 Å². The lowest BCUT2D eigenvalue weighted by Gasteiger charge is -2.12. The van der Waals surface area contributed by atoms with E-state index in [4.69, 9.17) is 0 Å². The van der Waals surface area contributed by atoms with Crippen LogP contribution in [0.3, 0.4) is 0 Å². The van der Waals surface area contributed by atoms with Gasteiger partial charge in [0.2, 0.25) is 0 Å². The molecule has 0 fully saturated rings. The lowest BCUT2D eigenvalue weighted by atomic mass is 10.2. The summed E-state index contributed by atoms with van der Waals surface area (Å²) in [6, 6.07) is 19.6. The minimum atomic E-state index is -0.730. The third kappa shape index (κ3) is 4.32. The van der Waals surface area contributed by atoms with Gasteiger partial charge in [0.1, 0.15) is 23.0 Å². The number of anilines is 2. The molecule has 4 rings (SSSR count). The summed E-state index contributed by atoms with van der Waals surface area (Å²) in [6.45, 7) is 0. The van der Waals surface area contributed by atoms with E-state index in [0.29, 0.717) is 11.4 Å². The molecule has 0 aliphatic carbocycles. The first kappa shape index (κ1) is 20.0. The fraction of sp³-hybridized carbons (Fsp3) is 0. The molecule has 0 aliphatic heterocycles. The van der Waals surface area contributed by atoms with Crippen molar-refractivity contribution >= 4 is 23.3 Å². The Bertz CT molecular complexity index is 1240. The molecule has 4 aromatic rings. The first-order chi connectivity index (χ1) is 15.0. The predicted octanol–water partition coefficient (Wildman–Crippen LogP) is 4.66. The van der Waals surface area contributed by atoms with Crippen molar-refractivity contribution in [2.75, 3.05) is 10.6 Å². The molecule has 3 aromatic carbocycles. The normalized spacial score (nSPS) is 10.5. The Morgan fingerprint density at radius 3 is 2.10 bits per heavy atom. The molecule has 6 nitrogen and oxygen atoms in total. The fourth-order valence-electron chi connectivity index (χ4n) is 2.95. The number of aromatic nitrogens is 2. The van der Waals surface area contributed by atoms with Gasteiger partial charge in [0.25, 0.3) is 11.8 Å². The molecule has 0 unspecified atom stereocenters. The molecule has 0 spiro atoms. The number of carbonyl (C=O) groups is 2. The smallest absolute Gasteiger partial charge is 0.261 e. The van der Waals surface area contributed by atoms with Gasteiger partial charge in [-0.05, 0) is 48.5 Å². The fourth-order valence-corrected chi connectivity index (χ4v) is 2.95. The van der Waals surface area contributed by atoms with Crippen LogP contribution in [0.25, 0.3) is 5.69 Å². The van der Waals surface area contributed by atoms with E-state index in [0.717, 1.165) is 0 Å². The zero-order valence-electron chi connectivity index (χ0n) is 16.0. The number of nitrogens with one attached hydrogen (secondary N) is 2. The number of halogens is 2. The van der Waals surface area contributed by atoms with Crippen molar-refractivity contribution in [1.29, 1.82) is 0 Å². The van der Waals surface area contributed by atoms with Gasteiger partial charge in [-0.15, -0.1) is 0 Å². The third-order valence-corrected chi connectivity index (χ3v) is 4.47. The Hall–Kier alpha value is -4.33. The Morgan fingerprint density at radius 1 is 0.742 bits per heavy atom. The second-order valence-electron chi connectivity index (χ2n) is 6.55. The third-order valence-electron chi connectivity index (χ3n) is 4.47. The van der Waals surface area contributed by atoms with E-state index in [2.05, 4.69) is 15.7 Å². The van der Waals surface area contributed by atoms with Crippen molar-refractivity contribution in [3.63, 3.8) is 0 Å². The first-order valence-corrected chi connectivity index (χ1v) is 9.29. The number of para-hydroxylation sites is 1. The zero-order chi connectivity index (χ0) is 21.8. The average Bonchev–Trinajstić information content (AvgIpc) is 3.20. The van der Waals surface area contributed by atoms with Crippen LogP contribution in [0.5, 0.6) is 0 Å². The molecular formula is C23H16F2N4O2. The summed E-state index contributed by atoms with van der Waals surface area (Å²) in [7, 11) is 0. The molecule has 1 aromatic heterocycles. The number of amides is 2. The molecule has 0 saturated carbocycles. The lowest BCUT2D eigenvalue weighted by Crippen LogP contribution is -2.20. The van der Waals surface area contributed by atoms with Gasteiger partial charge in [-0.1, -0.05) is 30.3 Å². The maximum Gasteiger partial charge on any atom is 0.261 e. The van der Waals surface area contributed by atoms with Crippen LogP contribution in [-0.4, -0.2) is 21.6 Å². The molecule has 0 radical (unpaired) electrons. The van der Waals surface area contributed by atoms with Crippen molar-refractivity contribution in [3.05, 3.63) is 108 Å². The van der Waals surface area contributed by atoms with Gasteiger partial charge in [-0.2, -0.15) is 5.10 Å². The standard InChI is InChI=1S/C23H16F2N4O2/c24-15-10-12-16(13-11-15)27-23(31)19-14-26-29(17-6-2-1-3-7-17)21(19)28-22(30)18-8-4-5-9-20(18)25/h1-14H,(H,27,31)(H,28,30). The summed E-state index contributed by atoms with van der Waals surface area (Å²) in [5.74, 6) is -2.36. The van der Waals surface area contributed by atoms with Gasteiger partial charge < -0.3 is 10.6 Å². The summed E-state index contributed by atoms with van der Waals surface area (Å²) in [5.41, 5.74) is 0.837. The molecule has 8 heteroatoms. The van der Waals surface area contributed by atoms with Crippen LogP contribution in [0, 0.1) is 11.6 Å². The van der Waals surface area contributed by atoms with Crippen LogP contribution in [-0.2, 0) is 0 Å². The molecule has 0 aliphatic rings. The van der Waals surface area contributed by atoms with Gasteiger partial charge in [-0.3, -0.25) is 9.59 Å². The minimum Gasteiger partial charge on any atom is -0.322 e. The summed E-state index contributed by atoms with van der Waals surface area (Å²) < 4.78 is 28.6. The van der Waals surface area contributed by atoms with E-state index < -0.39 is 23.4 Å². The number of carbonyl (C=O) groups excluding carboxylic acids is 2. The summed E-state index contributed by atoms with van der Waals surface area (Å²) in [5, 5.41) is 9.44. The van der Waals surface area contributed by atoms with E-state index in [-0.39, 0.29) is 16.9 Å². The highest BCUT2D eigenvalue weighted by molar-refractivity contribution is 6.12. The summed E-state index contributed by atoms with van der Waals surface area (Å²) in [6.07, 6.45) is 1.29. The molecule has 154 valence electrons. The minimum absolute atomic E-state index is 0.0536. The maximum atomic E-state index is 14.1. The van der Waals surface area contributed by atoms with Crippen molar-refractivity contribution in [3.8, 4) is 5.69 Å². The van der Waals surface area contributed by atoms with Crippen LogP contribution in [0.2, 0.25) is 0 Å². The average molecular weight is 418 g/mol. The maximum absolute atomic E-state index is 14.1. The zero-order valence-corrected chi connectivity index (χ0v) is 16.0. The number of hydrogen-bond donors (Lipinski definition) is 2. The number of hydrogen-bond acceptors (Lipinski definition) is 3. The quantitative estimate of drug-likeness (QED) is 0.495. The Morgan fingerprint density at radius 2 is 1.39 bits per heavy atom. The SMILES string of the molecule is O=C(Nc1c(C(=O)Nc2ccc(F)cc2)cnn1-c1ccccc1)c1ccccc1F. The predicted molar refractivity (Wildman–Crippen MR) is 112 cm³/mol. The van der Waals surface area contributed by atoms with Gasteiger partial charge in [-0.25, -0.2) is 13.5 Å². The van der Waals surface area contributed by atoms with Gasteiger partial charge in [0, 0.05) is 5.69 Å². The van der Waals surface area contributed by atoms with Crippen LogP contribution in [0.15, 0.2) is 85.1 Å². The van der Waals surface area contributed by atoms with Gasteiger partial charge >= 0.3 is 0 Å². The topological polar surface area (TPSA) is 76.0 Å².